The van der Waals surface area contributed by atoms with Crippen molar-refractivity contribution < 1.29 is 4.74 Å². The van der Waals surface area contributed by atoms with E-state index in [0.717, 1.165) is 12.2 Å². The monoisotopic (exact) mass is 293 g/mol. The Morgan fingerprint density at radius 3 is 2.80 bits per heavy atom. The third-order valence-electron chi connectivity index (χ3n) is 2.81. The highest BCUT2D eigenvalue weighted by atomic mass is 32.1. The molecule has 0 aliphatic carbocycles. The smallest absolute Gasteiger partial charge is 0.158 e. The molecular weight excluding hydrogens is 274 g/mol. The van der Waals surface area contributed by atoms with Crippen molar-refractivity contribution >= 4 is 23.0 Å². The largest absolute Gasteiger partial charge is 0.377 e. The summed E-state index contributed by atoms with van der Waals surface area (Å²) in [6, 6.07) is 6.18. The van der Waals surface area contributed by atoms with Gasteiger partial charge in [-0.2, -0.15) is 0 Å². The minimum absolute atomic E-state index is 0.228. The van der Waals surface area contributed by atoms with Crippen molar-refractivity contribution in [3.63, 3.8) is 0 Å². The van der Waals surface area contributed by atoms with E-state index in [9.17, 15) is 0 Å². The molecule has 0 saturated heterocycles. The van der Waals surface area contributed by atoms with Crippen molar-refractivity contribution in [1.82, 2.24) is 9.97 Å². The Hall–Kier alpha value is -1.70. The van der Waals surface area contributed by atoms with E-state index in [1.165, 1.54) is 4.88 Å². The van der Waals surface area contributed by atoms with Crippen LogP contribution in [0.4, 0.5) is 11.6 Å². The van der Waals surface area contributed by atoms with Gasteiger partial charge in [-0.15, -0.1) is 11.3 Å². The van der Waals surface area contributed by atoms with Crippen molar-refractivity contribution in [3.05, 3.63) is 34.3 Å². The zero-order valence-electron chi connectivity index (χ0n) is 11.6. The van der Waals surface area contributed by atoms with E-state index in [0.29, 0.717) is 18.2 Å². The Bertz CT molecular complexity index is 532. The number of thiophene rings is 1. The molecule has 0 amide bonds. The highest BCUT2D eigenvalue weighted by Crippen LogP contribution is 2.26. The van der Waals surface area contributed by atoms with Gasteiger partial charge in [0.1, 0.15) is 18.2 Å². The molecule has 4 N–H and O–H groups in total. The van der Waals surface area contributed by atoms with Crippen LogP contribution in [0.15, 0.2) is 23.6 Å². The summed E-state index contributed by atoms with van der Waals surface area (Å²) in [4.78, 5) is 9.94. The van der Waals surface area contributed by atoms with Gasteiger partial charge in [0.25, 0.3) is 0 Å². The van der Waals surface area contributed by atoms with E-state index < -0.39 is 0 Å². The van der Waals surface area contributed by atoms with Gasteiger partial charge in [0.05, 0.1) is 6.04 Å². The Labute approximate surface area is 122 Å². The Morgan fingerprint density at radius 1 is 1.40 bits per heavy atom. The van der Waals surface area contributed by atoms with Crippen LogP contribution >= 0.6 is 11.3 Å². The number of ether oxygens (including phenoxy) is 1. The van der Waals surface area contributed by atoms with Crippen molar-refractivity contribution in [3.8, 4) is 0 Å². The van der Waals surface area contributed by atoms with Gasteiger partial charge in [0, 0.05) is 18.1 Å². The number of nitrogen functional groups attached to an aromatic ring is 1. The minimum Gasteiger partial charge on any atom is -0.377 e. The predicted octanol–water partition coefficient (Wildman–Crippen LogP) is 2.53. The molecule has 0 aliphatic rings. The highest BCUT2D eigenvalue weighted by Gasteiger charge is 2.12. The number of hydrogen-bond acceptors (Lipinski definition) is 7. The molecule has 1 atom stereocenters. The van der Waals surface area contributed by atoms with Gasteiger partial charge in [0.15, 0.2) is 5.82 Å². The third-order valence-corrected chi connectivity index (χ3v) is 3.80. The van der Waals surface area contributed by atoms with Crippen LogP contribution in [-0.2, 0) is 11.3 Å². The van der Waals surface area contributed by atoms with Crippen LogP contribution in [0.5, 0.6) is 0 Å². The number of hydrogen-bond donors (Lipinski definition) is 3. The van der Waals surface area contributed by atoms with Gasteiger partial charge in [-0.05, 0) is 17.9 Å². The maximum Gasteiger partial charge on any atom is 0.158 e. The van der Waals surface area contributed by atoms with Crippen LogP contribution in [0.1, 0.15) is 30.1 Å². The Balaban J connectivity index is 2.20. The zero-order chi connectivity index (χ0) is 14.4. The second-order valence-corrected chi connectivity index (χ2v) is 5.23. The Morgan fingerprint density at radius 2 is 2.20 bits per heavy atom. The molecule has 2 heterocycles. The minimum atomic E-state index is 0.228. The van der Waals surface area contributed by atoms with E-state index in [-0.39, 0.29) is 6.04 Å². The first-order chi connectivity index (χ1) is 9.76. The molecule has 0 spiro atoms. The molecule has 6 nitrogen and oxygen atoms in total. The van der Waals surface area contributed by atoms with Gasteiger partial charge in [-0.25, -0.2) is 15.8 Å². The van der Waals surface area contributed by atoms with E-state index >= 15 is 0 Å². The second kappa shape index (κ2) is 7.18. The first-order valence-corrected chi connectivity index (χ1v) is 7.28. The molecule has 0 fully saturated rings. The number of nitrogens with two attached hydrogens (primary N) is 1. The lowest BCUT2D eigenvalue weighted by molar-refractivity contribution is 0.178. The summed E-state index contributed by atoms with van der Waals surface area (Å²) in [6.45, 7) is 2.48. The number of nitrogens with zero attached hydrogens (tertiary/aromatic N) is 2. The maximum absolute atomic E-state index is 5.43. The summed E-state index contributed by atoms with van der Waals surface area (Å²) in [5.41, 5.74) is 2.55. The SMILES string of the molecule is CCC(Nc1cc(NN)nc(COC)n1)c1cccs1. The molecule has 2 aromatic heterocycles. The van der Waals surface area contributed by atoms with Crippen LogP contribution in [-0.4, -0.2) is 17.1 Å². The van der Waals surface area contributed by atoms with Crippen LogP contribution in [0.3, 0.4) is 0 Å². The van der Waals surface area contributed by atoms with Gasteiger partial charge in [-0.3, -0.25) is 0 Å². The summed E-state index contributed by atoms with van der Waals surface area (Å²) in [7, 11) is 1.61. The summed E-state index contributed by atoms with van der Waals surface area (Å²) in [5, 5.41) is 5.49. The standard InChI is InChI=1S/C13H19N5OS/c1-3-9(10-5-4-6-20-10)15-11-7-12(18-14)17-13(16-11)8-19-2/h4-7,9H,3,8,14H2,1-2H3,(H2,15,16,17,18). The molecule has 2 rings (SSSR count). The van der Waals surface area contributed by atoms with Gasteiger partial charge in [-0.1, -0.05) is 13.0 Å². The lowest BCUT2D eigenvalue weighted by Crippen LogP contribution is -2.14. The fourth-order valence-electron chi connectivity index (χ4n) is 1.88. The topological polar surface area (TPSA) is 85.1 Å². The fourth-order valence-corrected chi connectivity index (χ4v) is 2.74. The molecule has 2 aromatic rings. The number of anilines is 2. The first-order valence-electron chi connectivity index (χ1n) is 6.40. The predicted molar refractivity (Wildman–Crippen MR) is 81.5 cm³/mol. The second-order valence-electron chi connectivity index (χ2n) is 4.25. The van der Waals surface area contributed by atoms with Crippen molar-refractivity contribution in [2.45, 2.75) is 26.0 Å². The number of nitrogens with one attached hydrogen (secondary N) is 2. The molecule has 0 bridgehead atoms. The van der Waals surface area contributed by atoms with E-state index in [4.69, 9.17) is 10.6 Å². The molecular formula is C13H19N5OS. The maximum atomic E-state index is 5.43. The Kier molecular flexibility index (Phi) is 5.28. The quantitative estimate of drug-likeness (QED) is 0.537. The fraction of sp³-hybridized carbons (Fsp3) is 0.385. The lowest BCUT2D eigenvalue weighted by Gasteiger charge is -2.17. The molecule has 7 heteroatoms. The van der Waals surface area contributed by atoms with Gasteiger partial charge >= 0.3 is 0 Å². The third kappa shape index (κ3) is 3.66. The number of hydrazine groups is 1. The molecule has 0 radical (unpaired) electrons. The average Bonchev–Trinajstić information content (AvgIpc) is 2.99. The molecule has 20 heavy (non-hydrogen) atoms. The molecule has 108 valence electrons. The number of rotatable bonds is 7. The summed E-state index contributed by atoms with van der Waals surface area (Å²) < 4.78 is 5.07. The van der Waals surface area contributed by atoms with Crippen LogP contribution in [0, 0.1) is 0 Å². The van der Waals surface area contributed by atoms with Crippen LogP contribution < -0.4 is 16.6 Å². The van der Waals surface area contributed by atoms with Crippen LogP contribution in [0.2, 0.25) is 0 Å². The van der Waals surface area contributed by atoms with Crippen LogP contribution in [0.25, 0.3) is 0 Å². The molecule has 0 aliphatic heterocycles. The highest BCUT2D eigenvalue weighted by molar-refractivity contribution is 7.10. The summed E-state index contributed by atoms with van der Waals surface area (Å²) >= 11 is 1.73. The van der Waals surface area contributed by atoms with E-state index in [2.05, 4.69) is 39.1 Å². The van der Waals surface area contributed by atoms with Crippen molar-refractivity contribution in [1.29, 1.82) is 0 Å². The van der Waals surface area contributed by atoms with Gasteiger partial charge in [0.2, 0.25) is 0 Å². The number of methoxy groups -OCH3 is 1. The normalized spacial score (nSPS) is 12.2. The zero-order valence-corrected chi connectivity index (χ0v) is 12.4. The van der Waals surface area contributed by atoms with Gasteiger partial charge < -0.3 is 15.5 Å². The summed E-state index contributed by atoms with van der Waals surface area (Å²) in [5.74, 6) is 7.33. The van der Waals surface area contributed by atoms with E-state index in [1.54, 1.807) is 24.5 Å². The first kappa shape index (κ1) is 14.7. The molecule has 0 aromatic carbocycles. The lowest BCUT2D eigenvalue weighted by atomic mass is 10.2. The molecule has 0 saturated carbocycles. The van der Waals surface area contributed by atoms with Crippen molar-refractivity contribution in [2.75, 3.05) is 17.9 Å². The summed E-state index contributed by atoms with van der Waals surface area (Å²) in [6.07, 6.45) is 0.968. The molecule has 1 unspecified atom stereocenters. The average molecular weight is 293 g/mol. The van der Waals surface area contributed by atoms with E-state index in [1.807, 2.05) is 6.07 Å². The number of aromatic nitrogens is 2. The van der Waals surface area contributed by atoms with Crippen molar-refractivity contribution in [2.24, 2.45) is 5.84 Å².